The normalized spacial score (nSPS) is 22.0. The number of hydrogen-bond donors (Lipinski definition) is 0. The number of carbonyl (C=O) groups is 1. The summed E-state index contributed by atoms with van der Waals surface area (Å²) in [6.07, 6.45) is 5.94. The molecule has 10 heteroatoms. The van der Waals surface area contributed by atoms with Gasteiger partial charge in [0.1, 0.15) is 11.3 Å². The standard InChI is InChI=1S/C34H45FN6O3.C2H6/c1-2-3-4-5-11-37-13-15-38(16-14-37)24-33(42)41-30-10-12-40(23-28(30)27-8-6-25(35)21-31(27)41)26-7-9-29-32(22-26)44-34(36-29)39-17-19-43-20-18-39;1-2/h6-9,21-22,28,30H,2-5,10-20,23-24H2,1H3;1-2H3. The maximum absolute atomic E-state index is 14.6. The highest BCUT2D eigenvalue weighted by Crippen LogP contribution is 2.46. The van der Waals surface area contributed by atoms with Gasteiger partial charge in [0.2, 0.25) is 5.91 Å². The quantitative estimate of drug-likeness (QED) is 0.277. The second-order valence-electron chi connectivity index (χ2n) is 12.8. The van der Waals surface area contributed by atoms with Crippen molar-refractivity contribution in [1.82, 2.24) is 14.8 Å². The maximum Gasteiger partial charge on any atom is 0.298 e. The molecule has 0 spiro atoms. The summed E-state index contributed by atoms with van der Waals surface area (Å²) in [5, 5.41) is 0. The number of fused-ring (bicyclic) bond motifs is 4. The molecular weight excluding hydrogens is 583 g/mol. The smallest absolute Gasteiger partial charge is 0.298 e. The molecule has 1 amide bonds. The van der Waals surface area contributed by atoms with Gasteiger partial charge in [-0.05, 0) is 49.2 Å². The zero-order valence-electron chi connectivity index (χ0n) is 27.9. The largest absolute Gasteiger partial charge is 0.423 e. The van der Waals surface area contributed by atoms with Gasteiger partial charge in [-0.3, -0.25) is 9.69 Å². The molecule has 4 aliphatic heterocycles. The fourth-order valence-electron chi connectivity index (χ4n) is 7.51. The number of piperidine rings is 1. The van der Waals surface area contributed by atoms with Gasteiger partial charge < -0.3 is 28.8 Å². The van der Waals surface area contributed by atoms with Crippen molar-refractivity contribution in [3.63, 3.8) is 0 Å². The Morgan fingerprint density at radius 3 is 2.48 bits per heavy atom. The Morgan fingerprint density at radius 1 is 0.913 bits per heavy atom. The summed E-state index contributed by atoms with van der Waals surface area (Å²) in [7, 11) is 0. The van der Waals surface area contributed by atoms with E-state index in [4.69, 9.17) is 14.1 Å². The topological polar surface area (TPSA) is 68.5 Å². The summed E-state index contributed by atoms with van der Waals surface area (Å²) in [5.74, 6) is -0.0777. The number of unbranched alkanes of at least 4 members (excludes halogenated alkanes) is 3. The van der Waals surface area contributed by atoms with Crippen LogP contribution in [-0.4, -0.2) is 105 Å². The third-order valence-electron chi connectivity index (χ3n) is 9.99. The van der Waals surface area contributed by atoms with Crippen LogP contribution in [0.5, 0.6) is 0 Å². The highest BCUT2D eigenvalue weighted by Gasteiger charge is 2.45. The van der Waals surface area contributed by atoms with Gasteiger partial charge in [-0.2, -0.15) is 4.98 Å². The Kier molecular flexibility index (Phi) is 10.8. The summed E-state index contributed by atoms with van der Waals surface area (Å²) in [6, 6.07) is 11.9. The second kappa shape index (κ2) is 15.1. The predicted octanol–water partition coefficient (Wildman–Crippen LogP) is 5.74. The first kappa shape index (κ1) is 32.7. The van der Waals surface area contributed by atoms with E-state index in [2.05, 4.69) is 38.7 Å². The van der Waals surface area contributed by atoms with Crippen LogP contribution in [0, 0.1) is 5.82 Å². The number of carbonyl (C=O) groups excluding carboxylic acids is 1. The van der Waals surface area contributed by atoms with Gasteiger partial charge in [-0.15, -0.1) is 0 Å². The lowest BCUT2D eigenvalue weighted by atomic mass is 9.88. The Bertz CT molecular complexity index is 1450. The Morgan fingerprint density at radius 2 is 1.70 bits per heavy atom. The van der Waals surface area contributed by atoms with Crippen molar-refractivity contribution in [2.75, 3.05) is 93.4 Å². The molecule has 0 bridgehead atoms. The van der Waals surface area contributed by atoms with E-state index in [0.717, 1.165) is 93.4 Å². The Labute approximate surface area is 273 Å². The Hall–Kier alpha value is -3.21. The fraction of sp³-hybridized carbons (Fsp3) is 0.611. The van der Waals surface area contributed by atoms with Gasteiger partial charge in [0, 0.05) is 76.1 Å². The zero-order valence-corrected chi connectivity index (χ0v) is 27.9. The number of rotatable bonds is 9. The van der Waals surface area contributed by atoms with Crippen molar-refractivity contribution >= 4 is 34.4 Å². The molecule has 250 valence electrons. The third-order valence-corrected chi connectivity index (χ3v) is 9.99. The van der Waals surface area contributed by atoms with E-state index in [-0.39, 0.29) is 23.7 Å². The number of oxazole rings is 1. The van der Waals surface area contributed by atoms with E-state index < -0.39 is 0 Å². The second-order valence-corrected chi connectivity index (χ2v) is 12.8. The van der Waals surface area contributed by atoms with E-state index in [1.54, 1.807) is 6.07 Å². The highest BCUT2D eigenvalue weighted by atomic mass is 19.1. The van der Waals surface area contributed by atoms with Crippen LogP contribution in [-0.2, 0) is 9.53 Å². The van der Waals surface area contributed by atoms with E-state index in [0.29, 0.717) is 25.8 Å². The van der Waals surface area contributed by atoms with Gasteiger partial charge in [-0.25, -0.2) is 4.39 Å². The molecule has 3 fully saturated rings. The number of amides is 1. The van der Waals surface area contributed by atoms with Crippen molar-refractivity contribution < 1.29 is 18.3 Å². The minimum atomic E-state index is -0.291. The van der Waals surface area contributed by atoms with Crippen LogP contribution in [0.15, 0.2) is 40.8 Å². The van der Waals surface area contributed by atoms with Crippen LogP contribution >= 0.6 is 0 Å². The molecule has 5 heterocycles. The minimum Gasteiger partial charge on any atom is -0.423 e. The molecule has 2 unspecified atom stereocenters. The number of piperazine rings is 1. The number of morpholine rings is 1. The first-order chi connectivity index (χ1) is 22.6. The SMILES string of the molecule is CC.CCCCCCN1CCN(CC(=O)N2c3cc(F)ccc3C3CN(c4ccc5nc(N6CCOCC6)oc5c4)CCC32)CC1. The monoisotopic (exact) mass is 634 g/mol. The van der Waals surface area contributed by atoms with Crippen LogP contribution in [0.2, 0.25) is 0 Å². The molecule has 4 aliphatic rings. The molecule has 46 heavy (non-hydrogen) atoms. The van der Waals surface area contributed by atoms with Crippen LogP contribution in [0.25, 0.3) is 11.1 Å². The van der Waals surface area contributed by atoms with Crippen molar-refractivity contribution in [1.29, 1.82) is 0 Å². The number of benzene rings is 2. The number of nitrogens with zero attached hydrogens (tertiary/aromatic N) is 6. The lowest BCUT2D eigenvalue weighted by Gasteiger charge is -2.40. The van der Waals surface area contributed by atoms with Gasteiger partial charge in [-0.1, -0.05) is 46.1 Å². The summed E-state index contributed by atoms with van der Waals surface area (Å²) < 4.78 is 26.2. The minimum absolute atomic E-state index is 0.0392. The number of hydrogen-bond acceptors (Lipinski definition) is 8. The van der Waals surface area contributed by atoms with Crippen molar-refractivity contribution in [3.8, 4) is 0 Å². The van der Waals surface area contributed by atoms with E-state index >= 15 is 0 Å². The van der Waals surface area contributed by atoms with Crippen molar-refractivity contribution in [2.45, 2.75) is 64.8 Å². The molecule has 2 atom stereocenters. The molecule has 1 aromatic heterocycles. The molecule has 7 rings (SSSR count). The van der Waals surface area contributed by atoms with Crippen molar-refractivity contribution in [2.24, 2.45) is 0 Å². The van der Waals surface area contributed by atoms with Gasteiger partial charge in [0.15, 0.2) is 5.58 Å². The van der Waals surface area contributed by atoms with Crippen molar-refractivity contribution in [3.05, 3.63) is 47.8 Å². The molecule has 3 aromatic rings. The summed E-state index contributed by atoms with van der Waals surface area (Å²) in [4.78, 5) is 29.9. The predicted molar refractivity (Wildman–Crippen MR) is 183 cm³/mol. The van der Waals surface area contributed by atoms with Crippen LogP contribution in [0.3, 0.4) is 0 Å². The number of aromatic nitrogens is 1. The van der Waals surface area contributed by atoms with Gasteiger partial charge >= 0.3 is 0 Å². The molecule has 3 saturated heterocycles. The zero-order chi connectivity index (χ0) is 32.0. The Balaban J connectivity index is 0.00000182. The van der Waals surface area contributed by atoms with Crippen LogP contribution in [0.4, 0.5) is 21.8 Å². The van der Waals surface area contributed by atoms with Gasteiger partial charge in [0.25, 0.3) is 6.01 Å². The molecule has 0 N–H and O–H groups in total. The highest BCUT2D eigenvalue weighted by molar-refractivity contribution is 5.98. The lowest BCUT2D eigenvalue weighted by molar-refractivity contribution is -0.120. The third kappa shape index (κ3) is 7.04. The molecule has 9 nitrogen and oxygen atoms in total. The first-order valence-electron chi connectivity index (χ1n) is 17.6. The average Bonchev–Trinajstić information content (AvgIpc) is 3.67. The maximum atomic E-state index is 14.6. The van der Waals surface area contributed by atoms with Crippen LogP contribution in [0.1, 0.15) is 64.4 Å². The first-order valence-corrected chi connectivity index (χ1v) is 17.6. The molecular formula is C36H51FN6O3. The summed E-state index contributed by atoms with van der Waals surface area (Å²) >= 11 is 0. The lowest BCUT2D eigenvalue weighted by Crippen LogP contribution is -2.53. The number of ether oxygens (including phenoxy) is 1. The fourth-order valence-corrected chi connectivity index (χ4v) is 7.51. The molecule has 0 radical (unpaired) electrons. The van der Waals surface area contributed by atoms with E-state index in [1.807, 2.05) is 30.9 Å². The van der Waals surface area contributed by atoms with Crippen LogP contribution < -0.4 is 14.7 Å². The molecule has 0 saturated carbocycles. The van der Waals surface area contributed by atoms with E-state index in [1.165, 1.54) is 31.7 Å². The number of halogens is 1. The summed E-state index contributed by atoms with van der Waals surface area (Å²) in [6.45, 7) is 16.1. The van der Waals surface area contributed by atoms with E-state index in [9.17, 15) is 9.18 Å². The molecule has 0 aliphatic carbocycles. The summed E-state index contributed by atoms with van der Waals surface area (Å²) in [5.41, 5.74) is 4.53. The van der Waals surface area contributed by atoms with Gasteiger partial charge in [0.05, 0.1) is 25.4 Å². The molecule has 2 aromatic carbocycles. The number of anilines is 3. The average molecular weight is 635 g/mol.